The maximum atomic E-state index is 5.21. The number of methoxy groups -OCH3 is 1. The molecule has 0 saturated heterocycles. The van der Waals surface area contributed by atoms with Gasteiger partial charge in [-0.15, -0.1) is 11.3 Å². The summed E-state index contributed by atoms with van der Waals surface area (Å²) in [6.45, 7) is 6.84. The molecule has 0 unspecified atom stereocenters. The normalized spacial score (nSPS) is 11.3. The molecule has 0 saturated carbocycles. The Kier molecular flexibility index (Phi) is 4.63. The maximum Gasteiger partial charge on any atom is 0.180 e. The molecule has 0 atom stereocenters. The second-order valence-corrected chi connectivity index (χ2v) is 6.58. The van der Waals surface area contributed by atoms with Crippen molar-refractivity contribution in [3.8, 4) is 17.1 Å². The van der Waals surface area contributed by atoms with Crippen LogP contribution in [0.4, 0.5) is 0 Å². The molecular formula is C17H21N3O2S. The quantitative estimate of drug-likeness (QED) is 0.638. The van der Waals surface area contributed by atoms with Gasteiger partial charge in [-0.3, -0.25) is 4.57 Å². The lowest BCUT2D eigenvalue weighted by molar-refractivity contribution is 0.195. The second-order valence-electron chi connectivity index (χ2n) is 5.64. The van der Waals surface area contributed by atoms with Gasteiger partial charge in [0.2, 0.25) is 0 Å². The number of rotatable bonds is 6. The van der Waals surface area contributed by atoms with E-state index in [9.17, 15) is 0 Å². The summed E-state index contributed by atoms with van der Waals surface area (Å²) in [5.74, 6) is 1.63. The highest BCUT2D eigenvalue weighted by Crippen LogP contribution is 2.30. The van der Waals surface area contributed by atoms with Crippen LogP contribution in [0.1, 0.15) is 28.6 Å². The van der Waals surface area contributed by atoms with Crippen LogP contribution in [0, 0.1) is 20.8 Å². The van der Waals surface area contributed by atoms with Crippen LogP contribution in [-0.4, -0.2) is 28.4 Å². The molecule has 122 valence electrons. The van der Waals surface area contributed by atoms with Crippen LogP contribution in [0.2, 0.25) is 0 Å². The molecule has 0 aromatic carbocycles. The third-order valence-corrected chi connectivity index (χ3v) is 4.75. The topological polar surface area (TPSA) is 53.1 Å². The Labute approximate surface area is 139 Å². The van der Waals surface area contributed by atoms with Crippen LogP contribution in [0.25, 0.3) is 17.1 Å². The van der Waals surface area contributed by atoms with Crippen molar-refractivity contribution < 1.29 is 9.26 Å². The molecule has 23 heavy (non-hydrogen) atoms. The summed E-state index contributed by atoms with van der Waals surface area (Å²) in [5.41, 5.74) is 4.43. The van der Waals surface area contributed by atoms with Crippen LogP contribution >= 0.6 is 11.3 Å². The van der Waals surface area contributed by atoms with Crippen molar-refractivity contribution in [2.75, 3.05) is 13.7 Å². The molecular weight excluding hydrogens is 310 g/mol. The third-order valence-electron chi connectivity index (χ3n) is 3.84. The van der Waals surface area contributed by atoms with Crippen LogP contribution in [0.5, 0.6) is 0 Å². The zero-order valence-corrected chi connectivity index (χ0v) is 14.7. The Balaban J connectivity index is 1.89. The molecule has 0 fully saturated rings. The Hall–Kier alpha value is -1.92. The molecule has 0 aliphatic rings. The molecule has 0 N–H and O–H groups in total. The Morgan fingerprint density at radius 2 is 2.09 bits per heavy atom. The van der Waals surface area contributed by atoms with Crippen molar-refractivity contribution in [1.29, 1.82) is 0 Å². The lowest BCUT2D eigenvalue weighted by Crippen LogP contribution is -1.99. The summed E-state index contributed by atoms with van der Waals surface area (Å²) in [6, 6.07) is 4.11. The molecule has 5 nitrogen and oxygen atoms in total. The highest BCUT2D eigenvalue weighted by Gasteiger charge is 2.16. The zero-order chi connectivity index (χ0) is 16.4. The van der Waals surface area contributed by atoms with Crippen molar-refractivity contribution >= 4 is 11.3 Å². The van der Waals surface area contributed by atoms with E-state index >= 15 is 0 Å². The molecule has 0 aliphatic heterocycles. The predicted molar refractivity (Wildman–Crippen MR) is 91.3 cm³/mol. The highest BCUT2D eigenvalue weighted by atomic mass is 32.1. The van der Waals surface area contributed by atoms with E-state index in [2.05, 4.69) is 35.0 Å². The van der Waals surface area contributed by atoms with E-state index in [1.807, 2.05) is 13.0 Å². The first-order chi connectivity index (χ1) is 11.1. The van der Waals surface area contributed by atoms with E-state index in [1.165, 1.54) is 0 Å². The lowest BCUT2D eigenvalue weighted by Gasteiger charge is -2.04. The van der Waals surface area contributed by atoms with Gasteiger partial charge in [-0.1, -0.05) is 5.16 Å². The fourth-order valence-electron chi connectivity index (χ4n) is 2.75. The first-order valence-electron chi connectivity index (χ1n) is 7.66. The third kappa shape index (κ3) is 3.23. The summed E-state index contributed by atoms with van der Waals surface area (Å²) < 4.78 is 12.4. The van der Waals surface area contributed by atoms with Gasteiger partial charge in [0.05, 0.1) is 10.7 Å². The van der Waals surface area contributed by atoms with Gasteiger partial charge >= 0.3 is 0 Å². The van der Waals surface area contributed by atoms with Crippen LogP contribution in [0.3, 0.4) is 0 Å². The largest absolute Gasteiger partial charge is 0.385 e. The summed E-state index contributed by atoms with van der Waals surface area (Å²) >= 11 is 1.71. The number of aromatic nitrogens is 3. The van der Waals surface area contributed by atoms with Crippen LogP contribution in [0.15, 0.2) is 22.0 Å². The Morgan fingerprint density at radius 1 is 1.26 bits per heavy atom. The van der Waals surface area contributed by atoms with Crippen molar-refractivity contribution in [2.45, 2.75) is 33.6 Å². The average molecular weight is 331 g/mol. The van der Waals surface area contributed by atoms with Crippen LogP contribution < -0.4 is 0 Å². The summed E-state index contributed by atoms with van der Waals surface area (Å²) in [6.07, 6.45) is 1.96. The minimum Gasteiger partial charge on any atom is -0.385 e. The molecule has 3 heterocycles. The molecule has 0 aliphatic carbocycles. The maximum absolute atomic E-state index is 5.21. The van der Waals surface area contributed by atoms with Gasteiger partial charge < -0.3 is 9.26 Å². The molecule has 0 radical (unpaired) electrons. The van der Waals surface area contributed by atoms with E-state index in [1.54, 1.807) is 18.4 Å². The van der Waals surface area contributed by atoms with Gasteiger partial charge in [0, 0.05) is 48.5 Å². The molecule has 3 aromatic heterocycles. The van der Waals surface area contributed by atoms with Crippen molar-refractivity contribution in [3.05, 3.63) is 39.7 Å². The second kappa shape index (κ2) is 6.68. The van der Waals surface area contributed by atoms with Gasteiger partial charge in [0.1, 0.15) is 5.76 Å². The number of thiazole rings is 1. The minimum absolute atomic E-state index is 0.773. The average Bonchev–Trinajstić information content (AvgIpc) is 3.20. The molecule has 6 heteroatoms. The number of hydrogen-bond donors (Lipinski definition) is 0. The van der Waals surface area contributed by atoms with Crippen molar-refractivity contribution in [3.63, 3.8) is 0 Å². The van der Waals surface area contributed by atoms with Gasteiger partial charge in [-0.2, -0.15) is 0 Å². The van der Waals surface area contributed by atoms with Gasteiger partial charge in [0.25, 0.3) is 0 Å². The van der Waals surface area contributed by atoms with Gasteiger partial charge in [-0.05, 0) is 33.3 Å². The Morgan fingerprint density at radius 3 is 2.78 bits per heavy atom. The van der Waals surface area contributed by atoms with Crippen molar-refractivity contribution in [2.24, 2.45) is 0 Å². The monoisotopic (exact) mass is 331 g/mol. The van der Waals surface area contributed by atoms with Crippen molar-refractivity contribution in [1.82, 2.24) is 14.7 Å². The molecule has 3 rings (SSSR count). The first kappa shape index (κ1) is 16.0. The number of aryl methyl sites for hydroxylation is 3. The number of ether oxygens (including phenoxy) is 1. The Bertz CT molecular complexity index is 801. The zero-order valence-electron chi connectivity index (χ0n) is 13.9. The van der Waals surface area contributed by atoms with E-state index in [0.29, 0.717) is 0 Å². The van der Waals surface area contributed by atoms with E-state index in [0.717, 1.165) is 58.7 Å². The molecule has 0 spiro atoms. The fourth-order valence-corrected chi connectivity index (χ4v) is 3.59. The van der Waals surface area contributed by atoms with E-state index in [4.69, 9.17) is 14.2 Å². The smallest absolute Gasteiger partial charge is 0.180 e. The summed E-state index contributed by atoms with van der Waals surface area (Å²) in [7, 11) is 1.73. The fraction of sp³-hybridized carbons (Fsp3) is 0.412. The highest BCUT2D eigenvalue weighted by molar-refractivity contribution is 7.09. The van der Waals surface area contributed by atoms with Crippen LogP contribution in [-0.2, 0) is 11.2 Å². The molecule has 3 aromatic rings. The first-order valence-corrected chi connectivity index (χ1v) is 8.54. The number of hydrogen-bond acceptors (Lipinski definition) is 5. The standard InChI is InChI=1S/C17H21N3O2S/c1-11-8-14(13(3)20(11)16-9-12(2)22-19-16)15-10-23-17(18-15)6-5-7-21-4/h8-10H,5-7H2,1-4H3. The number of nitrogens with zero attached hydrogens (tertiary/aromatic N) is 3. The van der Waals surface area contributed by atoms with E-state index < -0.39 is 0 Å². The summed E-state index contributed by atoms with van der Waals surface area (Å²) in [4.78, 5) is 4.77. The van der Waals surface area contributed by atoms with E-state index in [-0.39, 0.29) is 0 Å². The minimum atomic E-state index is 0.773. The molecule has 0 amide bonds. The van der Waals surface area contributed by atoms with Gasteiger partial charge in [0.15, 0.2) is 5.82 Å². The van der Waals surface area contributed by atoms with Gasteiger partial charge in [-0.25, -0.2) is 4.98 Å². The summed E-state index contributed by atoms with van der Waals surface area (Å²) in [5, 5.41) is 7.41. The SMILES string of the molecule is COCCCc1nc(-c2cc(C)n(-c3cc(C)on3)c2C)cs1. The predicted octanol–water partition coefficient (Wildman–Crippen LogP) is 4.09. The molecule has 0 bridgehead atoms. The lowest BCUT2D eigenvalue weighted by atomic mass is 10.2.